The third-order valence-electron chi connectivity index (χ3n) is 19.8. The van der Waals surface area contributed by atoms with E-state index in [1.54, 1.807) is 0 Å². The zero-order valence-electron chi connectivity index (χ0n) is 35.0. The Labute approximate surface area is 344 Å². The lowest BCUT2D eigenvalue weighted by molar-refractivity contribution is -0.173. The lowest BCUT2D eigenvalue weighted by Gasteiger charge is -2.61. The molecule has 0 heterocycles. The molecule has 0 spiro atoms. The number of ether oxygens (including phenoxy) is 2. The van der Waals surface area contributed by atoms with E-state index in [1.807, 2.05) is 0 Å². The van der Waals surface area contributed by atoms with Crippen LogP contribution in [0.5, 0.6) is 0 Å². The first-order chi connectivity index (χ1) is 26.3. The van der Waals surface area contributed by atoms with Gasteiger partial charge in [-0.3, -0.25) is 0 Å². The summed E-state index contributed by atoms with van der Waals surface area (Å²) in [5.41, 5.74) is 1.39. The molecule has 308 valence electrons. The molecule has 10 aliphatic rings. The molecule has 55 heavy (non-hydrogen) atoms. The van der Waals surface area contributed by atoms with Crippen molar-refractivity contribution in [2.75, 3.05) is 5.34 Å². The molecule has 0 radical (unpaired) electrons. The minimum atomic E-state index is -0.256. The van der Waals surface area contributed by atoms with E-state index in [1.165, 1.54) is 103 Å². The molecule has 10 fully saturated rings. The molecule has 10 aliphatic carbocycles. The number of hydrogen-bond donors (Lipinski definition) is 1. The van der Waals surface area contributed by atoms with Crippen LogP contribution in [-0.2, 0) is 9.47 Å². The summed E-state index contributed by atoms with van der Waals surface area (Å²) in [6, 6.07) is 5.34. The minimum absolute atomic E-state index is 0.0613. The molecule has 0 bridgehead atoms. The molecule has 5 nitrogen and oxygen atoms in total. The maximum Gasteiger partial charge on any atom is 0.0967 e. The number of fused-ring (bicyclic) bond motifs is 10. The molecule has 0 aromatic carbocycles. The Balaban J connectivity index is 0.000000145. The third-order valence-corrected chi connectivity index (χ3v) is 19.8. The number of nitrogens with zero attached hydrogens (tertiary/aromatic N) is 2. The Kier molecular flexibility index (Phi) is 11.8. The van der Waals surface area contributed by atoms with Crippen LogP contribution in [0.1, 0.15) is 163 Å². The van der Waals surface area contributed by atoms with Crippen LogP contribution in [0.4, 0.5) is 0 Å². The van der Waals surface area contributed by atoms with Crippen molar-refractivity contribution in [2.45, 2.75) is 194 Å². The SMILES string of the molecule is C[C@H]1C[C@@H]2CC[C@@H]3[C@H](CC[C@]4(C)[C@@H](C#N)CC[C@@H]34)[C@@]2(C)C[C@@H]1OC1CC1.C[C@]12C[C@H](OC3CC3)[C@@H](O)C[C@@H]1CC[C@@H]1[C@@H]2CC[C@]2(C)[C@@H](C#N)CC[C@@H]12.ClCCl. The van der Waals surface area contributed by atoms with Crippen molar-refractivity contribution in [3.05, 3.63) is 0 Å². The van der Waals surface area contributed by atoms with Crippen LogP contribution in [0.25, 0.3) is 0 Å². The van der Waals surface area contributed by atoms with Crippen LogP contribution in [0.2, 0.25) is 0 Å². The molecule has 1 N–H and O–H groups in total. The second-order valence-corrected chi connectivity index (χ2v) is 23.0. The largest absolute Gasteiger partial charge is 0.390 e. The van der Waals surface area contributed by atoms with E-state index in [-0.39, 0.29) is 28.9 Å². The first-order valence-corrected chi connectivity index (χ1v) is 24.3. The summed E-state index contributed by atoms with van der Waals surface area (Å²) in [7, 11) is 0. The van der Waals surface area contributed by atoms with Gasteiger partial charge in [0.15, 0.2) is 0 Å². The van der Waals surface area contributed by atoms with Gasteiger partial charge in [0.05, 0.1) is 59.8 Å². The number of rotatable bonds is 4. The molecule has 0 aliphatic heterocycles. The molecule has 0 aromatic rings. The predicted molar refractivity (Wildman–Crippen MR) is 220 cm³/mol. The second kappa shape index (κ2) is 15.8. The highest BCUT2D eigenvalue weighted by molar-refractivity contribution is 6.40. The number of hydrogen-bond acceptors (Lipinski definition) is 5. The van der Waals surface area contributed by atoms with Crippen LogP contribution >= 0.6 is 23.2 Å². The number of aliphatic hydroxyl groups excluding tert-OH is 1. The average molecular weight is 798 g/mol. The van der Waals surface area contributed by atoms with Crippen LogP contribution < -0.4 is 0 Å². The van der Waals surface area contributed by atoms with Crippen molar-refractivity contribution in [2.24, 2.45) is 86.8 Å². The Morgan fingerprint density at radius 2 is 0.982 bits per heavy atom. The van der Waals surface area contributed by atoms with Gasteiger partial charge in [-0.05, 0) is 203 Å². The van der Waals surface area contributed by atoms with E-state index >= 15 is 0 Å². The zero-order chi connectivity index (χ0) is 38.9. The first-order valence-electron chi connectivity index (χ1n) is 23.2. The number of aliphatic hydroxyl groups is 1. The molecule has 0 saturated heterocycles. The van der Waals surface area contributed by atoms with E-state index in [0.29, 0.717) is 46.4 Å². The van der Waals surface area contributed by atoms with E-state index < -0.39 is 0 Å². The summed E-state index contributed by atoms with van der Waals surface area (Å²) in [5.74, 6) is 7.80. The Morgan fingerprint density at radius 3 is 1.44 bits per heavy atom. The van der Waals surface area contributed by atoms with Gasteiger partial charge in [-0.2, -0.15) is 10.5 Å². The van der Waals surface area contributed by atoms with Gasteiger partial charge in [-0.25, -0.2) is 0 Å². The molecule has 10 saturated carbocycles. The van der Waals surface area contributed by atoms with E-state index in [9.17, 15) is 15.6 Å². The van der Waals surface area contributed by atoms with Gasteiger partial charge >= 0.3 is 0 Å². The molecule has 0 amide bonds. The maximum absolute atomic E-state index is 10.7. The maximum atomic E-state index is 10.7. The highest BCUT2D eigenvalue weighted by Gasteiger charge is 2.63. The molecule has 10 rings (SSSR count). The molecule has 18 atom stereocenters. The van der Waals surface area contributed by atoms with Gasteiger partial charge in [0.1, 0.15) is 0 Å². The Morgan fingerprint density at radius 1 is 0.564 bits per heavy atom. The normalized spacial score (nSPS) is 53.4. The smallest absolute Gasteiger partial charge is 0.0967 e. The van der Waals surface area contributed by atoms with E-state index in [2.05, 4.69) is 46.8 Å². The molecule has 0 unspecified atom stereocenters. The Hall–Kier alpha value is -0.560. The van der Waals surface area contributed by atoms with Crippen molar-refractivity contribution < 1.29 is 14.6 Å². The summed E-state index contributed by atoms with van der Waals surface area (Å²) < 4.78 is 12.8. The van der Waals surface area contributed by atoms with E-state index in [0.717, 1.165) is 73.0 Å². The first kappa shape index (κ1) is 41.2. The topological polar surface area (TPSA) is 86.3 Å². The van der Waals surface area contributed by atoms with Gasteiger partial charge < -0.3 is 14.6 Å². The van der Waals surface area contributed by atoms with Crippen LogP contribution in [0, 0.1) is 109 Å². The van der Waals surface area contributed by atoms with Gasteiger partial charge in [-0.1, -0.05) is 34.6 Å². The molecular weight excluding hydrogens is 723 g/mol. The van der Waals surface area contributed by atoms with Crippen LogP contribution in [0.15, 0.2) is 0 Å². The van der Waals surface area contributed by atoms with Crippen molar-refractivity contribution in [3.63, 3.8) is 0 Å². The lowest BCUT2D eigenvalue weighted by atomic mass is 9.44. The molecule has 7 heteroatoms. The van der Waals surface area contributed by atoms with Gasteiger partial charge in [-0.15, -0.1) is 23.2 Å². The third kappa shape index (κ3) is 7.27. The summed E-state index contributed by atoms with van der Waals surface area (Å²) in [6.07, 6.45) is 26.5. The zero-order valence-corrected chi connectivity index (χ0v) is 36.5. The summed E-state index contributed by atoms with van der Waals surface area (Å²) >= 11 is 9.53. The lowest BCUT2D eigenvalue weighted by Crippen LogP contribution is -2.57. The second-order valence-electron chi connectivity index (χ2n) is 22.2. The highest BCUT2D eigenvalue weighted by Crippen LogP contribution is 2.69. The summed E-state index contributed by atoms with van der Waals surface area (Å²) in [4.78, 5) is 0. The minimum Gasteiger partial charge on any atom is -0.390 e. The summed E-state index contributed by atoms with van der Waals surface area (Å²) in [5, 5.41) is 30.2. The molecule has 0 aromatic heterocycles. The van der Waals surface area contributed by atoms with Gasteiger partial charge in [0.25, 0.3) is 0 Å². The predicted octanol–water partition coefficient (Wildman–Crippen LogP) is 12.1. The fourth-order valence-corrected chi connectivity index (χ4v) is 16.4. The van der Waals surface area contributed by atoms with Gasteiger partial charge in [0.2, 0.25) is 0 Å². The van der Waals surface area contributed by atoms with Gasteiger partial charge in [0, 0.05) is 0 Å². The van der Waals surface area contributed by atoms with Crippen LogP contribution in [-0.4, -0.2) is 41.0 Å². The average Bonchev–Trinajstić information content (AvgIpc) is 4.08. The monoisotopic (exact) mass is 797 g/mol. The van der Waals surface area contributed by atoms with E-state index in [4.69, 9.17) is 32.7 Å². The van der Waals surface area contributed by atoms with Crippen molar-refractivity contribution in [3.8, 4) is 12.1 Å². The Bertz CT molecular complexity index is 1350. The molecular formula is C48H74Cl2N2O3. The number of alkyl halides is 2. The highest BCUT2D eigenvalue weighted by atomic mass is 35.5. The van der Waals surface area contributed by atoms with Crippen molar-refractivity contribution >= 4 is 23.2 Å². The van der Waals surface area contributed by atoms with Crippen LogP contribution in [0.3, 0.4) is 0 Å². The quantitative estimate of drug-likeness (QED) is 0.286. The van der Waals surface area contributed by atoms with Crippen molar-refractivity contribution in [1.82, 2.24) is 0 Å². The standard InChI is InChI=1S/C24H37NO.C23H35NO2.CH2Cl2/c1-15-12-16-4-8-19-20-9-5-17(14-25)23(20,2)11-10-21(19)24(16,3)13-22(15)26-18-6-7-18;1-22-10-9-19-17(18(22)8-4-15(22)13-24)7-3-14-11-20(25)21(12-23(14,19)2)26-16-5-6-16;2-1-3/h15-22H,4-13H2,1-3H3;14-21,25H,3-12H2,1-2H3;1H2/t15-,16-,17+,19-,20-,21-,22-,23+,24-;14-,15+,17-,18-,19-,20-,21-,22+,23-;/m00./s1. The summed E-state index contributed by atoms with van der Waals surface area (Å²) in [6.45, 7) is 12.5. The number of halogens is 2. The fourth-order valence-electron chi connectivity index (χ4n) is 16.4. The number of nitriles is 2. The van der Waals surface area contributed by atoms with Crippen molar-refractivity contribution in [1.29, 1.82) is 10.5 Å². The fraction of sp³-hybridized carbons (Fsp3) is 0.958.